The van der Waals surface area contributed by atoms with Crippen molar-refractivity contribution >= 4 is 17.6 Å². The van der Waals surface area contributed by atoms with E-state index in [0.717, 1.165) is 19.3 Å². The molecule has 0 fully saturated rings. The summed E-state index contributed by atoms with van der Waals surface area (Å²) < 4.78 is 12.1. The second-order valence-corrected chi connectivity index (χ2v) is 8.24. The van der Waals surface area contributed by atoms with Crippen molar-refractivity contribution in [3.63, 3.8) is 0 Å². The topological polar surface area (TPSA) is 105 Å². The summed E-state index contributed by atoms with van der Waals surface area (Å²) in [5.74, 6) is -0.518. The summed E-state index contributed by atoms with van der Waals surface area (Å²) >= 11 is 0. The Morgan fingerprint density at radius 1 is 1.00 bits per heavy atom. The van der Waals surface area contributed by atoms with E-state index in [1.807, 2.05) is 12.1 Å². The average Bonchev–Trinajstić information content (AvgIpc) is 3.09. The van der Waals surface area contributed by atoms with E-state index < -0.39 is 11.6 Å². The minimum atomic E-state index is -1.35. The molecular formula is C26H23NO6. The number of fused-ring (bicyclic) bond motifs is 6. The van der Waals surface area contributed by atoms with E-state index in [4.69, 9.17) is 9.47 Å². The van der Waals surface area contributed by atoms with E-state index >= 15 is 0 Å². The summed E-state index contributed by atoms with van der Waals surface area (Å²) in [6, 6.07) is 14.7. The molecule has 3 aromatic rings. The van der Waals surface area contributed by atoms with Crippen molar-refractivity contribution in [3.05, 3.63) is 76.9 Å². The Bertz CT molecular complexity index is 1280. The van der Waals surface area contributed by atoms with Crippen LogP contribution in [0, 0.1) is 0 Å². The molecule has 7 nitrogen and oxygen atoms in total. The third-order valence-electron chi connectivity index (χ3n) is 6.12. The second kappa shape index (κ2) is 7.85. The number of unbranched alkanes of at least 4 members (excludes halogenated alkanes) is 2. The lowest BCUT2D eigenvalue weighted by atomic mass is 9.77. The van der Waals surface area contributed by atoms with Gasteiger partial charge in [-0.1, -0.05) is 38.0 Å². The molecule has 168 valence electrons. The van der Waals surface area contributed by atoms with Crippen LogP contribution < -0.4 is 10.1 Å². The van der Waals surface area contributed by atoms with Crippen LogP contribution in [-0.4, -0.2) is 22.1 Å². The molecule has 7 heteroatoms. The molecular weight excluding hydrogens is 422 g/mol. The Balaban J connectivity index is 1.71. The highest BCUT2D eigenvalue weighted by Crippen LogP contribution is 2.59. The third kappa shape index (κ3) is 3.19. The van der Waals surface area contributed by atoms with Gasteiger partial charge >= 0.3 is 5.97 Å². The molecule has 0 saturated heterocycles. The van der Waals surface area contributed by atoms with Gasteiger partial charge in [0.05, 0.1) is 11.1 Å². The van der Waals surface area contributed by atoms with Crippen LogP contribution in [0.25, 0.3) is 0 Å². The van der Waals surface area contributed by atoms with E-state index in [9.17, 15) is 19.8 Å². The van der Waals surface area contributed by atoms with Crippen LogP contribution in [0.2, 0.25) is 0 Å². The molecule has 5 rings (SSSR count). The summed E-state index contributed by atoms with van der Waals surface area (Å²) in [5.41, 5.74) is 0.806. The number of phenols is 2. The number of anilines is 1. The van der Waals surface area contributed by atoms with Crippen molar-refractivity contribution in [3.8, 4) is 23.0 Å². The van der Waals surface area contributed by atoms with Gasteiger partial charge in [-0.15, -0.1) is 0 Å². The fourth-order valence-corrected chi connectivity index (χ4v) is 4.57. The van der Waals surface area contributed by atoms with Gasteiger partial charge in [0.15, 0.2) is 11.4 Å². The minimum absolute atomic E-state index is 0.0322. The third-order valence-corrected chi connectivity index (χ3v) is 6.12. The molecule has 0 saturated carbocycles. The summed E-state index contributed by atoms with van der Waals surface area (Å²) in [6.45, 7) is 2.05. The molecule has 1 atom stereocenters. The molecule has 1 amide bonds. The Kier molecular flexibility index (Phi) is 4.96. The Labute approximate surface area is 190 Å². The van der Waals surface area contributed by atoms with Crippen molar-refractivity contribution in [1.82, 2.24) is 0 Å². The van der Waals surface area contributed by atoms with Crippen LogP contribution in [0.1, 0.15) is 59.7 Å². The summed E-state index contributed by atoms with van der Waals surface area (Å²) in [4.78, 5) is 25.5. The van der Waals surface area contributed by atoms with Crippen LogP contribution in [-0.2, 0) is 15.1 Å². The number of phenolic OH excluding ortho intramolecular Hbond substituents is 2. The number of aromatic hydroxyl groups is 2. The highest BCUT2D eigenvalue weighted by molar-refractivity contribution is 5.99. The number of hydrogen-bond donors (Lipinski definition) is 3. The fourth-order valence-electron chi connectivity index (χ4n) is 4.57. The molecule has 33 heavy (non-hydrogen) atoms. The van der Waals surface area contributed by atoms with Gasteiger partial charge in [0.1, 0.15) is 22.9 Å². The number of nitrogens with one attached hydrogen (secondary N) is 1. The van der Waals surface area contributed by atoms with Gasteiger partial charge in [-0.25, -0.2) is 4.79 Å². The van der Waals surface area contributed by atoms with Crippen LogP contribution in [0.4, 0.5) is 5.69 Å². The molecule has 1 spiro atoms. The van der Waals surface area contributed by atoms with Gasteiger partial charge in [0, 0.05) is 23.6 Å². The van der Waals surface area contributed by atoms with Gasteiger partial charge in [0.25, 0.3) is 0 Å². The molecule has 2 heterocycles. The molecule has 0 aliphatic carbocycles. The summed E-state index contributed by atoms with van der Waals surface area (Å²) in [5, 5.41) is 23.5. The van der Waals surface area contributed by atoms with Gasteiger partial charge in [-0.3, -0.25) is 4.79 Å². The number of esters is 1. The number of ether oxygens (including phenoxy) is 2. The summed E-state index contributed by atoms with van der Waals surface area (Å²) in [7, 11) is 0. The van der Waals surface area contributed by atoms with E-state index in [-0.39, 0.29) is 34.6 Å². The first kappa shape index (κ1) is 20.9. The van der Waals surface area contributed by atoms with Gasteiger partial charge in [-0.2, -0.15) is 0 Å². The van der Waals surface area contributed by atoms with E-state index in [1.165, 1.54) is 18.2 Å². The largest absolute Gasteiger partial charge is 0.508 e. The SMILES string of the molecule is CCCCCC(=O)Nc1c(O)ccc2c1Oc1cc(O)ccc1C21OC(=O)c2ccccc21. The molecule has 1 unspecified atom stereocenters. The maximum absolute atomic E-state index is 12.9. The predicted molar refractivity (Wildman–Crippen MR) is 121 cm³/mol. The number of rotatable bonds is 5. The molecule has 0 aromatic heterocycles. The van der Waals surface area contributed by atoms with Crippen molar-refractivity contribution in [2.75, 3.05) is 5.32 Å². The van der Waals surface area contributed by atoms with Crippen molar-refractivity contribution < 1.29 is 29.3 Å². The molecule has 2 aliphatic rings. The van der Waals surface area contributed by atoms with Crippen LogP contribution in [0.3, 0.4) is 0 Å². The number of benzene rings is 3. The maximum atomic E-state index is 12.9. The highest BCUT2D eigenvalue weighted by Gasteiger charge is 2.54. The first-order valence-corrected chi connectivity index (χ1v) is 11.0. The first-order valence-electron chi connectivity index (χ1n) is 11.0. The monoisotopic (exact) mass is 445 g/mol. The highest BCUT2D eigenvalue weighted by atomic mass is 16.6. The number of carbonyl (C=O) groups is 2. The van der Waals surface area contributed by atoms with Gasteiger partial charge in [0.2, 0.25) is 5.91 Å². The molecule has 2 aliphatic heterocycles. The minimum Gasteiger partial charge on any atom is -0.508 e. The van der Waals surface area contributed by atoms with Crippen molar-refractivity contribution in [2.24, 2.45) is 0 Å². The summed E-state index contributed by atoms with van der Waals surface area (Å²) in [6.07, 6.45) is 2.93. The van der Waals surface area contributed by atoms with Gasteiger partial charge in [-0.05, 0) is 36.8 Å². The van der Waals surface area contributed by atoms with E-state index in [0.29, 0.717) is 28.7 Å². The van der Waals surface area contributed by atoms with E-state index in [2.05, 4.69) is 12.2 Å². The van der Waals surface area contributed by atoms with Crippen LogP contribution in [0.5, 0.6) is 23.0 Å². The lowest BCUT2D eigenvalue weighted by Crippen LogP contribution is -2.33. The van der Waals surface area contributed by atoms with Crippen LogP contribution >= 0.6 is 0 Å². The fraction of sp³-hybridized carbons (Fsp3) is 0.231. The second-order valence-electron chi connectivity index (χ2n) is 8.24. The molecule has 3 N–H and O–H groups in total. The molecule has 0 bridgehead atoms. The molecule has 3 aromatic carbocycles. The Morgan fingerprint density at radius 3 is 2.61 bits per heavy atom. The zero-order valence-electron chi connectivity index (χ0n) is 18.1. The Hall–Kier alpha value is -4.00. The maximum Gasteiger partial charge on any atom is 0.340 e. The van der Waals surface area contributed by atoms with Crippen LogP contribution in [0.15, 0.2) is 54.6 Å². The average molecular weight is 445 g/mol. The normalized spacial score (nSPS) is 17.5. The van der Waals surface area contributed by atoms with Crippen molar-refractivity contribution in [1.29, 1.82) is 0 Å². The zero-order valence-corrected chi connectivity index (χ0v) is 18.1. The number of hydrogen-bond acceptors (Lipinski definition) is 6. The van der Waals surface area contributed by atoms with E-state index in [1.54, 1.807) is 24.3 Å². The number of amides is 1. The Morgan fingerprint density at radius 2 is 1.79 bits per heavy atom. The number of carbonyl (C=O) groups excluding carboxylic acids is 2. The van der Waals surface area contributed by atoms with Gasteiger partial charge < -0.3 is 25.0 Å². The standard InChI is InChI=1S/C26H23NO6/c1-2-3-4-9-22(30)27-23-20(29)13-12-19-24(23)32-21-14-15(28)10-11-18(21)26(19)17-8-6-5-7-16(17)25(31)33-26/h5-8,10-14,28-29H,2-4,9H2,1H3,(H,27,30). The lowest BCUT2D eigenvalue weighted by Gasteiger charge is -2.37. The molecule has 0 radical (unpaired) electrons. The van der Waals surface area contributed by atoms with Crippen molar-refractivity contribution in [2.45, 2.75) is 38.2 Å². The zero-order chi connectivity index (χ0) is 23.2. The smallest absolute Gasteiger partial charge is 0.340 e. The predicted octanol–water partition coefficient (Wildman–Crippen LogP) is 5.18. The first-order chi connectivity index (χ1) is 16.0. The quantitative estimate of drug-likeness (QED) is 0.284. The lowest BCUT2D eigenvalue weighted by molar-refractivity contribution is -0.116.